The third-order valence-corrected chi connectivity index (χ3v) is 2.78. The molecule has 0 aliphatic rings. The van der Waals surface area contributed by atoms with Crippen LogP contribution in [0.1, 0.15) is 12.6 Å². The molecule has 2 aromatic rings. The highest BCUT2D eigenvalue weighted by Crippen LogP contribution is 2.10. The van der Waals surface area contributed by atoms with E-state index in [0.29, 0.717) is 0 Å². The second-order valence-corrected chi connectivity index (χ2v) is 4.37. The second-order valence-electron chi connectivity index (χ2n) is 3.56. The zero-order chi connectivity index (χ0) is 12.1. The molecule has 0 radical (unpaired) electrons. The molecule has 2 heterocycles. The van der Waals surface area contributed by atoms with Crippen molar-refractivity contribution < 1.29 is 4.74 Å². The summed E-state index contributed by atoms with van der Waals surface area (Å²) in [5.74, 6) is 0. The van der Waals surface area contributed by atoms with Crippen LogP contribution in [0.2, 0.25) is 0 Å². The highest BCUT2D eigenvalue weighted by molar-refractivity contribution is 9.10. The largest absolute Gasteiger partial charge is 0.380 e. The molecule has 2 aromatic heterocycles. The summed E-state index contributed by atoms with van der Waals surface area (Å²) in [5.41, 5.74) is 1.97. The minimum Gasteiger partial charge on any atom is -0.380 e. The topological polar surface area (TPSA) is 51.5 Å². The molecule has 0 amide bonds. The first-order valence-corrected chi connectivity index (χ1v) is 6.36. The number of hydrogen-bond acceptors (Lipinski definition) is 4. The summed E-state index contributed by atoms with van der Waals surface area (Å²) < 4.78 is 8.08. The molecule has 0 spiro atoms. The smallest absolute Gasteiger partial charge is 0.155 e. The van der Waals surface area contributed by atoms with Gasteiger partial charge in [0.2, 0.25) is 0 Å². The first-order valence-electron chi connectivity index (χ1n) is 5.57. The number of rotatable bonds is 6. The summed E-state index contributed by atoms with van der Waals surface area (Å²) in [5, 5.41) is 3.31. The van der Waals surface area contributed by atoms with Gasteiger partial charge in [-0.2, -0.15) is 0 Å². The standard InChI is InChI=1S/C11H15BrN4O/c1-2-17-4-3-13-5-9-6-15-11-7-14-10(12)8-16(9)11/h6-8,13H,2-5H2,1H3. The number of aromatic nitrogens is 3. The number of ether oxygens (including phenoxy) is 1. The van der Waals surface area contributed by atoms with E-state index in [2.05, 4.69) is 31.2 Å². The number of imidazole rings is 1. The molecular weight excluding hydrogens is 284 g/mol. The number of nitrogens with one attached hydrogen (secondary N) is 1. The average Bonchev–Trinajstić information content (AvgIpc) is 2.72. The van der Waals surface area contributed by atoms with Crippen LogP contribution in [0.15, 0.2) is 23.2 Å². The molecule has 1 N–H and O–H groups in total. The van der Waals surface area contributed by atoms with Gasteiger partial charge in [-0.05, 0) is 22.9 Å². The molecule has 0 aliphatic heterocycles. The fraction of sp³-hybridized carbons (Fsp3) is 0.455. The zero-order valence-corrected chi connectivity index (χ0v) is 11.3. The van der Waals surface area contributed by atoms with Crippen molar-refractivity contribution in [2.45, 2.75) is 13.5 Å². The third kappa shape index (κ3) is 3.24. The van der Waals surface area contributed by atoms with Crippen molar-refractivity contribution in [3.63, 3.8) is 0 Å². The Bertz CT molecular complexity index is 485. The third-order valence-electron chi connectivity index (χ3n) is 2.37. The van der Waals surface area contributed by atoms with E-state index in [1.807, 2.05) is 23.7 Å². The van der Waals surface area contributed by atoms with Crippen LogP contribution in [0.5, 0.6) is 0 Å². The Morgan fingerprint density at radius 3 is 3.12 bits per heavy atom. The molecule has 92 valence electrons. The molecule has 0 atom stereocenters. The van der Waals surface area contributed by atoms with Crippen LogP contribution in [0.25, 0.3) is 5.65 Å². The second kappa shape index (κ2) is 6.09. The van der Waals surface area contributed by atoms with Crippen LogP contribution in [0.3, 0.4) is 0 Å². The van der Waals surface area contributed by atoms with E-state index in [-0.39, 0.29) is 0 Å². The van der Waals surface area contributed by atoms with E-state index in [1.165, 1.54) is 0 Å². The van der Waals surface area contributed by atoms with Gasteiger partial charge in [-0.3, -0.25) is 4.40 Å². The average molecular weight is 299 g/mol. The summed E-state index contributed by atoms with van der Waals surface area (Å²) in [6.07, 6.45) is 5.52. The first-order chi connectivity index (χ1) is 8.31. The van der Waals surface area contributed by atoms with Crippen LogP contribution in [0.4, 0.5) is 0 Å². The van der Waals surface area contributed by atoms with Crippen molar-refractivity contribution in [2.24, 2.45) is 0 Å². The van der Waals surface area contributed by atoms with Crippen LogP contribution in [0, 0.1) is 0 Å². The summed E-state index contributed by atoms with van der Waals surface area (Å²) in [6, 6.07) is 0. The van der Waals surface area contributed by atoms with Crippen molar-refractivity contribution in [1.29, 1.82) is 0 Å². The quantitative estimate of drug-likeness (QED) is 0.824. The molecular formula is C11H15BrN4O. The molecule has 6 heteroatoms. The lowest BCUT2D eigenvalue weighted by atomic mass is 10.4. The highest BCUT2D eigenvalue weighted by atomic mass is 79.9. The molecule has 17 heavy (non-hydrogen) atoms. The van der Waals surface area contributed by atoms with Crippen LogP contribution in [-0.2, 0) is 11.3 Å². The first kappa shape index (κ1) is 12.5. The Kier molecular flexibility index (Phi) is 4.47. The molecule has 0 saturated carbocycles. The van der Waals surface area contributed by atoms with Crippen LogP contribution < -0.4 is 5.32 Å². The number of nitrogens with zero attached hydrogens (tertiary/aromatic N) is 3. The van der Waals surface area contributed by atoms with Crippen molar-refractivity contribution in [1.82, 2.24) is 19.7 Å². The number of fused-ring (bicyclic) bond motifs is 1. The molecule has 0 aliphatic carbocycles. The van der Waals surface area contributed by atoms with E-state index < -0.39 is 0 Å². The van der Waals surface area contributed by atoms with Gasteiger partial charge >= 0.3 is 0 Å². The zero-order valence-electron chi connectivity index (χ0n) is 9.69. The summed E-state index contributed by atoms with van der Waals surface area (Å²) in [6.45, 7) is 5.10. The van der Waals surface area contributed by atoms with E-state index in [1.54, 1.807) is 6.20 Å². The van der Waals surface area contributed by atoms with Gasteiger partial charge in [0.25, 0.3) is 0 Å². The molecule has 0 saturated heterocycles. The van der Waals surface area contributed by atoms with Crippen LogP contribution >= 0.6 is 15.9 Å². The molecule has 0 unspecified atom stereocenters. The van der Waals surface area contributed by atoms with Crippen molar-refractivity contribution >= 4 is 21.6 Å². The Balaban J connectivity index is 1.96. The van der Waals surface area contributed by atoms with E-state index in [4.69, 9.17) is 4.74 Å². The maximum Gasteiger partial charge on any atom is 0.155 e. The molecule has 0 fully saturated rings. The predicted octanol–water partition coefficient (Wildman–Crippen LogP) is 1.62. The normalized spacial score (nSPS) is 11.2. The molecule has 0 bridgehead atoms. The summed E-state index contributed by atoms with van der Waals surface area (Å²) in [7, 11) is 0. The minimum absolute atomic E-state index is 0.735. The van der Waals surface area contributed by atoms with Gasteiger partial charge in [-0.15, -0.1) is 0 Å². The molecule has 2 rings (SSSR count). The molecule has 0 aromatic carbocycles. The summed E-state index contributed by atoms with van der Waals surface area (Å²) >= 11 is 3.35. The summed E-state index contributed by atoms with van der Waals surface area (Å²) in [4.78, 5) is 8.42. The van der Waals surface area contributed by atoms with Gasteiger partial charge in [0.15, 0.2) is 5.65 Å². The highest BCUT2D eigenvalue weighted by Gasteiger charge is 2.03. The number of halogens is 1. The van der Waals surface area contributed by atoms with Crippen molar-refractivity contribution in [3.05, 3.63) is 28.9 Å². The van der Waals surface area contributed by atoms with Gasteiger partial charge in [-0.1, -0.05) is 0 Å². The Morgan fingerprint density at radius 2 is 2.29 bits per heavy atom. The SMILES string of the molecule is CCOCCNCc1cnc2cnc(Br)cn12. The van der Waals surface area contributed by atoms with Gasteiger partial charge in [0.1, 0.15) is 4.60 Å². The van der Waals surface area contributed by atoms with E-state index in [9.17, 15) is 0 Å². The van der Waals surface area contributed by atoms with Crippen molar-refractivity contribution in [3.8, 4) is 0 Å². The van der Waals surface area contributed by atoms with E-state index in [0.717, 1.165) is 42.2 Å². The minimum atomic E-state index is 0.735. The Labute approximate surface area is 108 Å². The predicted molar refractivity (Wildman–Crippen MR) is 68.9 cm³/mol. The monoisotopic (exact) mass is 298 g/mol. The van der Waals surface area contributed by atoms with E-state index >= 15 is 0 Å². The van der Waals surface area contributed by atoms with Gasteiger partial charge < -0.3 is 10.1 Å². The number of hydrogen-bond donors (Lipinski definition) is 1. The Morgan fingerprint density at radius 1 is 1.41 bits per heavy atom. The Hall–Kier alpha value is -0.980. The fourth-order valence-corrected chi connectivity index (χ4v) is 1.86. The maximum absolute atomic E-state index is 5.26. The fourth-order valence-electron chi connectivity index (χ4n) is 1.55. The lowest BCUT2D eigenvalue weighted by Gasteiger charge is -2.05. The lowest BCUT2D eigenvalue weighted by Crippen LogP contribution is -2.20. The van der Waals surface area contributed by atoms with Gasteiger partial charge in [0.05, 0.1) is 24.7 Å². The van der Waals surface area contributed by atoms with Gasteiger partial charge in [-0.25, -0.2) is 9.97 Å². The maximum atomic E-state index is 5.26. The van der Waals surface area contributed by atoms with Crippen molar-refractivity contribution in [2.75, 3.05) is 19.8 Å². The van der Waals surface area contributed by atoms with Crippen LogP contribution in [-0.4, -0.2) is 34.1 Å². The molecule has 5 nitrogen and oxygen atoms in total. The van der Waals surface area contributed by atoms with Gasteiger partial charge in [0, 0.05) is 25.9 Å². The lowest BCUT2D eigenvalue weighted by molar-refractivity contribution is 0.149.